The Morgan fingerprint density at radius 1 is 0.880 bits per heavy atom. The van der Waals surface area contributed by atoms with Gasteiger partial charge in [-0.1, -0.05) is 52.3 Å². The lowest BCUT2D eigenvalue weighted by Gasteiger charge is -1.99. The van der Waals surface area contributed by atoms with Crippen molar-refractivity contribution in [2.75, 3.05) is 0 Å². The molecular formula is C21H13BrFNO. The van der Waals surface area contributed by atoms with Crippen LogP contribution in [0.3, 0.4) is 0 Å². The van der Waals surface area contributed by atoms with E-state index in [0.717, 1.165) is 21.1 Å². The van der Waals surface area contributed by atoms with Crippen molar-refractivity contribution >= 4 is 39.2 Å². The molecule has 0 atom stereocenters. The van der Waals surface area contributed by atoms with Crippen LogP contribution in [0, 0.1) is 5.82 Å². The van der Waals surface area contributed by atoms with Gasteiger partial charge in [-0.25, -0.2) is 9.37 Å². The molecule has 2 nitrogen and oxygen atoms in total. The molecular weight excluding hydrogens is 381 g/mol. The second-order valence-corrected chi connectivity index (χ2v) is 6.52. The van der Waals surface area contributed by atoms with Gasteiger partial charge in [-0.3, -0.25) is 0 Å². The topological polar surface area (TPSA) is 26.0 Å². The molecule has 0 amide bonds. The summed E-state index contributed by atoms with van der Waals surface area (Å²) in [5.41, 5.74) is 4.15. The Morgan fingerprint density at radius 3 is 2.56 bits per heavy atom. The van der Waals surface area contributed by atoms with Crippen molar-refractivity contribution in [3.8, 4) is 11.1 Å². The first-order valence-corrected chi connectivity index (χ1v) is 8.57. The number of nitrogens with zero attached hydrogens (tertiary/aromatic N) is 1. The predicted octanol–water partition coefficient (Wildman–Crippen LogP) is 6.57. The third-order valence-electron chi connectivity index (χ3n) is 3.87. The second kappa shape index (κ2) is 6.65. The van der Waals surface area contributed by atoms with Gasteiger partial charge in [0.1, 0.15) is 11.3 Å². The molecule has 25 heavy (non-hydrogen) atoms. The summed E-state index contributed by atoms with van der Waals surface area (Å²) in [5.74, 6) is 0.154. The number of benzene rings is 3. The fraction of sp³-hybridized carbons (Fsp3) is 0. The third kappa shape index (κ3) is 3.39. The van der Waals surface area contributed by atoms with E-state index in [9.17, 15) is 4.39 Å². The van der Waals surface area contributed by atoms with E-state index >= 15 is 0 Å². The van der Waals surface area contributed by atoms with E-state index in [1.54, 1.807) is 24.3 Å². The molecule has 0 N–H and O–H groups in total. The fourth-order valence-electron chi connectivity index (χ4n) is 2.63. The molecule has 1 aromatic heterocycles. The summed E-state index contributed by atoms with van der Waals surface area (Å²) in [6, 6.07) is 20.8. The number of rotatable bonds is 3. The molecule has 0 aliphatic carbocycles. The SMILES string of the molecule is Fc1ccc(Br)cc1/C=C/c1nc2cc(-c3ccccc3)ccc2o1. The standard InChI is InChI=1S/C21H13BrFNO/c22-17-8-9-18(23)16(12-17)7-11-21-24-19-13-15(6-10-20(19)25-21)14-4-2-1-3-5-14/h1-13H/b11-7+. The van der Waals surface area contributed by atoms with E-state index in [2.05, 4.69) is 33.0 Å². The minimum Gasteiger partial charge on any atom is -0.437 e. The molecule has 4 aromatic rings. The van der Waals surface area contributed by atoms with Crippen LogP contribution < -0.4 is 0 Å². The Hall–Kier alpha value is -2.72. The van der Waals surface area contributed by atoms with Crippen molar-refractivity contribution in [2.45, 2.75) is 0 Å². The molecule has 0 aliphatic heterocycles. The molecule has 1 heterocycles. The quantitative estimate of drug-likeness (QED) is 0.393. The Labute approximate surface area is 152 Å². The van der Waals surface area contributed by atoms with E-state index in [0.29, 0.717) is 17.0 Å². The molecule has 0 radical (unpaired) electrons. The van der Waals surface area contributed by atoms with E-state index in [1.807, 2.05) is 36.4 Å². The number of halogens is 2. The van der Waals surface area contributed by atoms with E-state index < -0.39 is 0 Å². The Balaban J connectivity index is 1.67. The molecule has 0 unspecified atom stereocenters. The molecule has 0 spiro atoms. The van der Waals surface area contributed by atoms with Crippen molar-refractivity contribution in [2.24, 2.45) is 0 Å². The van der Waals surface area contributed by atoms with Crippen molar-refractivity contribution in [3.63, 3.8) is 0 Å². The highest BCUT2D eigenvalue weighted by Gasteiger charge is 2.06. The molecule has 0 saturated heterocycles. The van der Waals surface area contributed by atoms with Gasteiger partial charge in [0.15, 0.2) is 5.58 Å². The van der Waals surface area contributed by atoms with Crippen LogP contribution in [0.5, 0.6) is 0 Å². The fourth-order valence-corrected chi connectivity index (χ4v) is 3.01. The van der Waals surface area contributed by atoms with Gasteiger partial charge >= 0.3 is 0 Å². The first-order valence-electron chi connectivity index (χ1n) is 7.78. The molecule has 0 bridgehead atoms. The molecule has 0 fully saturated rings. The van der Waals surface area contributed by atoms with E-state index in [1.165, 1.54) is 6.07 Å². The van der Waals surface area contributed by atoms with Gasteiger partial charge in [0.05, 0.1) is 0 Å². The first-order chi connectivity index (χ1) is 12.2. The monoisotopic (exact) mass is 393 g/mol. The van der Waals surface area contributed by atoms with E-state index in [4.69, 9.17) is 4.42 Å². The van der Waals surface area contributed by atoms with Crippen molar-refractivity contribution in [1.29, 1.82) is 0 Å². The largest absolute Gasteiger partial charge is 0.437 e. The van der Waals surface area contributed by atoms with Crippen LogP contribution in [0.2, 0.25) is 0 Å². The lowest BCUT2D eigenvalue weighted by Crippen LogP contribution is -1.81. The number of hydrogen-bond acceptors (Lipinski definition) is 2. The summed E-state index contributed by atoms with van der Waals surface area (Å²) in [6.45, 7) is 0. The average Bonchev–Trinajstić information content (AvgIpc) is 3.05. The van der Waals surface area contributed by atoms with Crippen LogP contribution in [-0.2, 0) is 0 Å². The molecule has 0 aliphatic rings. The first kappa shape index (κ1) is 15.8. The number of fused-ring (bicyclic) bond motifs is 1. The maximum absolute atomic E-state index is 13.8. The van der Waals surface area contributed by atoms with Crippen LogP contribution in [0.1, 0.15) is 11.5 Å². The summed E-state index contributed by atoms with van der Waals surface area (Å²) in [5, 5.41) is 0. The zero-order chi connectivity index (χ0) is 17.2. The summed E-state index contributed by atoms with van der Waals surface area (Å²) in [4.78, 5) is 4.48. The highest BCUT2D eigenvalue weighted by molar-refractivity contribution is 9.10. The predicted molar refractivity (Wildman–Crippen MR) is 102 cm³/mol. The van der Waals surface area contributed by atoms with Crippen LogP contribution in [-0.4, -0.2) is 4.98 Å². The van der Waals surface area contributed by atoms with Gasteiger partial charge < -0.3 is 4.42 Å². The van der Waals surface area contributed by atoms with Crippen LogP contribution in [0.15, 0.2) is 75.6 Å². The zero-order valence-corrected chi connectivity index (χ0v) is 14.7. The smallest absolute Gasteiger partial charge is 0.220 e. The van der Waals surface area contributed by atoms with Gasteiger partial charge in [-0.2, -0.15) is 0 Å². The lowest BCUT2D eigenvalue weighted by atomic mass is 10.1. The Bertz CT molecular complexity index is 1070. The summed E-state index contributed by atoms with van der Waals surface area (Å²) < 4.78 is 20.3. The zero-order valence-electron chi connectivity index (χ0n) is 13.1. The number of hydrogen-bond donors (Lipinski definition) is 0. The minimum atomic E-state index is -0.290. The lowest BCUT2D eigenvalue weighted by molar-refractivity contribution is 0.589. The van der Waals surface area contributed by atoms with Crippen LogP contribution in [0.25, 0.3) is 34.4 Å². The Kier molecular flexibility index (Phi) is 4.20. The van der Waals surface area contributed by atoms with Gasteiger partial charge in [-0.15, -0.1) is 0 Å². The van der Waals surface area contributed by atoms with Gasteiger partial charge in [0.2, 0.25) is 5.89 Å². The Morgan fingerprint density at radius 2 is 1.72 bits per heavy atom. The van der Waals surface area contributed by atoms with Gasteiger partial charge in [0.25, 0.3) is 0 Å². The second-order valence-electron chi connectivity index (χ2n) is 5.60. The number of aromatic nitrogens is 1. The van der Waals surface area contributed by atoms with Crippen molar-refractivity contribution in [1.82, 2.24) is 4.98 Å². The minimum absolute atomic E-state index is 0.290. The highest BCUT2D eigenvalue weighted by Crippen LogP contribution is 2.25. The van der Waals surface area contributed by atoms with Crippen molar-refractivity contribution < 1.29 is 8.81 Å². The van der Waals surface area contributed by atoms with Crippen LogP contribution >= 0.6 is 15.9 Å². The van der Waals surface area contributed by atoms with Crippen LogP contribution in [0.4, 0.5) is 4.39 Å². The van der Waals surface area contributed by atoms with Crippen molar-refractivity contribution in [3.05, 3.63) is 88.5 Å². The summed E-state index contributed by atoms with van der Waals surface area (Å²) >= 11 is 3.34. The summed E-state index contributed by atoms with van der Waals surface area (Å²) in [7, 11) is 0. The maximum atomic E-state index is 13.8. The highest BCUT2D eigenvalue weighted by atomic mass is 79.9. The molecule has 3 aromatic carbocycles. The maximum Gasteiger partial charge on any atom is 0.220 e. The molecule has 122 valence electrons. The normalized spacial score (nSPS) is 11.4. The third-order valence-corrected chi connectivity index (χ3v) is 4.37. The van der Waals surface area contributed by atoms with Gasteiger partial charge in [-0.05, 0) is 47.5 Å². The summed E-state index contributed by atoms with van der Waals surface area (Å²) in [6.07, 6.45) is 3.33. The van der Waals surface area contributed by atoms with E-state index in [-0.39, 0.29) is 5.82 Å². The number of oxazole rings is 1. The molecule has 0 saturated carbocycles. The van der Waals surface area contributed by atoms with Gasteiger partial charge in [0, 0.05) is 16.1 Å². The molecule has 4 rings (SSSR count). The molecule has 4 heteroatoms. The average molecular weight is 394 g/mol.